The Balaban J connectivity index is 0.963. The van der Waals surface area contributed by atoms with E-state index in [1.165, 1.54) is 6.92 Å². The third kappa shape index (κ3) is 11.1. The van der Waals surface area contributed by atoms with Gasteiger partial charge in [0.2, 0.25) is 12.2 Å². The second-order valence-electron chi connectivity index (χ2n) is 27.3. The number of hydrogen-bond donors (Lipinski definition) is 11. The number of aryl methyl sites for hydroxylation is 1. The van der Waals surface area contributed by atoms with Gasteiger partial charge in [-0.3, -0.25) is 14.4 Å². The summed E-state index contributed by atoms with van der Waals surface area (Å²) in [5, 5.41) is 107. The van der Waals surface area contributed by atoms with Gasteiger partial charge in [0.05, 0.1) is 43.0 Å². The summed E-state index contributed by atoms with van der Waals surface area (Å²) in [6.07, 6.45) is -13.8. The van der Waals surface area contributed by atoms with E-state index in [9.17, 15) is 60.3 Å². The standard InChI is InChI=1S/C61H92N2O19/c1-31-13-15-33(16-14-31)51(75)62-25-11-9-10-12-42(69)63-43-37(28-64)79-54(50(45(43)71)81-53-48(74)46(72)49(32(2)78-53)80-52-47(73)44(70)36(66)29-77-52)82-55(76)61-24-23-56(3,4)26-35(61)34-17-18-39-57(5)21-20-40(67)58(6,30-65)38(57)19-22-59(39,7)60(34,8)27-41(61)68/h13-17,30,32,35-41,43-50,52-54,64,66-68,70-74H,9-12,18-29H2,1-8H3,(H,62,75)(H,63,69)/t32-,35?,36-,37-,38-,39?,40?,41+,43?,44?,45?,46?,47?,48?,49?,50?,52+,53+,54+,57?,58?,59-,60-,61?/m1/s1. The van der Waals surface area contributed by atoms with Crippen molar-refractivity contribution >= 4 is 24.1 Å². The van der Waals surface area contributed by atoms with Crippen LogP contribution in [0.15, 0.2) is 35.9 Å². The molecule has 460 valence electrons. The quantitative estimate of drug-likeness (QED) is 0.0490. The Morgan fingerprint density at radius 3 is 2.13 bits per heavy atom. The summed E-state index contributed by atoms with van der Waals surface area (Å²) in [7, 11) is 0. The molecule has 82 heavy (non-hydrogen) atoms. The summed E-state index contributed by atoms with van der Waals surface area (Å²) in [4.78, 5) is 54.8. The van der Waals surface area contributed by atoms with E-state index in [1.54, 1.807) is 12.1 Å². The second kappa shape index (κ2) is 24.0. The van der Waals surface area contributed by atoms with E-state index in [0.29, 0.717) is 63.5 Å². The molecule has 8 aliphatic rings. The number of unbranched alkanes of at least 4 members (excludes halogenated alkanes) is 2. The lowest BCUT2D eigenvalue weighted by Crippen LogP contribution is -2.69. The molecule has 3 saturated heterocycles. The highest BCUT2D eigenvalue weighted by molar-refractivity contribution is 5.94. The van der Waals surface area contributed by atoms with Gasteiger partial charge < -0.3 is 89.8 Å². The first-order chi connectivity index (χ1) is 38.6. The molecule has 7 fully saturated rings. The molecule has 21 heteroatoms. The highest BCUT2D eigenvalue weighted by Gasteiger charge is 2.72. The Bertz CT molecular complexity index is 2500. The number of ether oxygens (including phenoxy) is 6. The summed E-state index contributed by atoms with van der Waals surface area (Å²) in [6.45, 7) is 15.5. The number of aliphatic hydroxyl groups excluding tert-OH is 9. The van der Waals surface area contributed by atoms with E-state index < -0.39 is 145 Å². The van der Waals surface area contributed by atoms with Gasteiger partial charge in [-0.15, -0.1) is 0 Å². The number of aldehydes is 1. The predicted molar refractivity (Wildman–Crippen MR) is 292 cm³/mol. The van der Waals surface area contributed by atoms with Crippen molar-refractivity contribution in [2.45, 2.75) is 237 Å². The molecule has 14 unspecified atom stereocenters. The molecule has 3 aliphatic heterocycles. The van der Waals surface area contributed by atoms with Gasteiger partial charge in [0.15, 0.2) is 18.7 Å². The first-order valence-electron chi connectivity index (χ1n) is 29.9. The SMILES string of the molecule is Cc1ccc(C(=O)NCCCCCC(=O)NC2C(O)C(O[C@@H]3O[C@H](C)C(O[C@@H]4OC[C@@H](O)C(O)C4O)C(O)C3O)[C@H](OC(=O)C34CCC(C)(C)CC3C3=CCC5C6(C)CCC(O)C(C)(C=O)[C@@H]6CC[C@@]5(C)[C@]3(C)C[C@@H]4O)O[C@@H]2CO)cc1. The third-order valence-corrected chi connectivity index (χ3v) is 21.9. The maximum atomic E-state index is 15.7. The van der Waals surface area contributed by atoms with Crippen molar-refractivity contribution in [2.75, 3.05) is 19.8 Å². The summed E-state index contributed by atoms with van der Waals surface area (Å²) in [6, 6.07) is 5.80. The number of rotatable bonds is 16. The van der Waals surface area contributed by atoms with E-state index in [1.807, 2.05) is 26.0 Å². The fraction of sp³-hybridized carbons (Fsp3) is 0.803. The molecular formula is C61H92N2O19. The van der Waals surface area contributed by atoms with E-state index in [2.05, 4.69) is 51.3 Å². The third-order valence-electron chi connectivity index (χ3n) is 21.9. The number of nitrogens with one attached hydrogen (secondary N) is 2. The van der Waals surface area contributed by atoms with Crippen LogP contribution < -0.4 is 10.6 Å². The van der Waals surface area contributed by atoms with E-state index in [-0.39, 0.29) is 53.3 Å². The molecule has 5 aliphatic carbocycles. The lowest BCUT2D eigenvalue weighted by Gasteiger charge is -2.71. The van der Waals surface area contributed by atoms with Crippen LogP contribution in [-0.4, -0.2) is 188 Å². The molecule has 24 atom stereocenters. The van der Waals surface area contributed by atoms with Gasteiger partial charge in [-0.2, -0.15) is 0 Å². The van der Waals surface area contributed by atoms with Crippen LogP contribution in [0.5, 0.6) is 0 Å². The Hall–Kier alpha value is -3.52. The number of hydrogen-bond acceptors (Lipinski definition) is 19. The molecule has 3 heterocycles. The van der Waals surface area contributed by atoms with Crippen molar-refractivity contribution in [1.82, 2.24) is 10.6 Å². The Labute approximate surface area is 480 Å². The highest BCUT2D eigenvalue weighted by Crippen LogP contribution is 2.76. The molecule has 9 rings (SSSR count). The zero-order valence-electron chi connectivity index (χ0n) is 48.9. The van der Waals surface area contributed by atoms with Crippen LogP contribution >= 0.6 is 0 Å². The van der Waals surface area contributed by atoms with Crippen molar-refractivity contribution in [3.63, 3.8) is 0 Å². The topological polar surface area (TPSA) is 330 Å². The van der Waals surface area contributed by atoms with Crippen molar-refractivity contribution in [3.8, 4) is 0 Å². The van der Waals surface area contributed by atoms with Crippen LogP contribution in [0.4, 0.5) is 0 Å². The van der Waals surface area contributed by atoms with Crippen LogP contribution in [0.3, 0.4) is 0 Å². The van der Waals surface area contributed by atoms with Gasteiger partial charge >= 0.3 is 5.97 Å². The molecule has 21 nitrogen and oxygen atoms in total. The minimum Gasteiger partial charge on any atom is -0.432 e. The summed E-state index contributed by atoms with van der Waals surface area (Å²) < 4.78 is 36.5. The molecule has 2 amide bonds. The number of carbonyl (C=O) groups excluding carboxylic acids is 4. The Morgan fingerprint density at radius 1 is 0.744 bits per heavy atom. The molecule has 1 aromatic rings. The van der Waals surface area contributed by atoms with Gasteiger partial charge in [-0.1, -0.05) is 77.3 Å². The largest absolute Gasteiger partial charge is 0.432 e. The van der Waals surface area contributed by atoms with E-state index >= 15 is 4.79 Å². The van der Waals surface area contributed by atoms with Crippen molar-refractivity contribution in [3.05, 3.63) is 47.0 Å². The minimum absolute atomic E-state index is 0.0179. The Morgan fingerprint density at radius 2 is 1.44 bits per heavy atom. The number of allylic oxidation sites excluding steroid dienone is 2. The van der Waals surface area contributed by atoms with Crippen LogP contribution in [-0.2, 0) is 42.8 Å². The zero-order valence-corrected chi connectivity index (χ0v) is 48.9. The summed E-state index contributed by atoms with van der Waals surface area (Å²) in [5.41, 5.74) is -1.38. The van der Waals surface area contributed by atoms with Crippen LogP contribution in [0.25, 0.3) is 0 Å². The second-order valence-corrected chi connectivity index (χ2v) is 27.3. The first kappa shape index (κ1) is 63.0. The van der Waals surface area contributed by atoms with Gasteiger partial charge in [-0.25, -0.2) is 0 Å². The fourth-order valence-electron chi connectivity index (χ4n) is 16.7. The lowest BCUT2D eigenvalue weighted by molar-refractivity contribution is -0.370. The number of esters is 1. The monoisotopic (exact) mass is 1160 g/mol. The lowest BCUT2D eigenvalue weighted by atomic mass is 9.33. The molecule has 0 bridgehead atoms. The van der Waals surface area contributed by atoms with Crippen LogP contribution in [0.2, 0.25) is 0 Å². The molecule has 0 radical (unpaired) electrons. The number of amides is 2. The summed E-state index contributed by atoms with van der Waals surface area (Å²) >= 11 is 0. The summed E-state index contributed by atoms with van der Waals surface area (Å²) in [5.74, 6) is -2.05. The number of benzene rings is 1. The number of fused-ring (bicyclic) bond motifs is 7. The van der Waals surface area contributed by atoms with Gasteiger partial charge in [-0.05, 0) is 136 Å². The molecular weight excluding hydrogens is 1060 g/mol. The average Bonchev–Trinajstić information content (AvgIpc) is 0.750. The van der Waals surface area contributed by atoms with Crippen molar-refractivity contribution < 1.29 is 93.6 Å². The number of carbonyl (C=O) groups is 4. The van der Waals surface area contributed by atoms with Crippen molar-refractivity contribution in [1.29, 1.82) is 0 Å². The first-order valence-corrected chi connectivity index (χ1v) is 29.9. The minimum atomic E-state index is -1.96. The number of aliphatic hydroxyl groups is 9. The molecule has 4 saturated carbocycles. The molecule has 0 spiro atoms. The molecule has 0 aromatic heterocycles. The van der Waals surface area contributed by atoms with Crippen LogP contribution in [0.1, 0.15) is 148 Å². The highest BCUT2D eigenvalue weighted by atomic mass is 16.8. The maximum Gasteiger partial charge on any atom is 0.317 e. The van der Waals surface area contributed by atoms with Crippen LogP contribution in [0, 0.1) is 57.2 Å². The Kier molecular flexibility index (Phi) is 18.4. The van der Waals surface area contributed by atoms with Gasteiger partial charge in [0.25, 0.3) is 5.91 Å². The molecule has 11 N–H and O–H groups in total. The fourth-order valence-corrected chi connectivity index (χ4v) is 16.7. The zero-order chi connectivity index (χ0) is 59.6. The average molecular weight is 1160 g/mol. The smallest absolute Gasteiger partial charge is 0.317 e. The van der Waals surface area contributed by atoms with Crippen molar-refractivity contribution in [2.24, 2.45) is 50.2 Å². The van der Waals surface area contributed by atoms with E-state index in [4.69, 9.17) is 28.4 Å². The molecule has 1 aromatic carbocycles. The predicted octanol–water partition coefficient (Wildman–Crippen LogP) is 2.38. The van der Waals surface area contributed by atoms with Gasteiger partial charge in [0, 0.05) is 18.5 Å². The normalized spacial score (nSPS) is 46.1. The van der Waals surface area contributed by atoms with E-state index in [0.717, 1.165) is 30.3 Å². The maximum absolute atomic E-state index is 15.7. The van der Waals surface area contributed by atoms with Gasteiger partial charge in [0.1, 0.15) is 60.5 Å².